The summed E-state index contributed by atoms with van der Waals surface area (Å²) < 4.78 is 6.57. The molecule has 0 radical (unpaired) electrons. The summed E-state index contributed by atoms with van der Waals surface area (Å²) in [6, 6.07) is 3.11. The Morgan fingerprint density at radius 2 is 2.14 bits per heavy atom. The average molecular weight is 421 g/mol. The third kappa shape index (κ3) is 3.42. The molecule has 1 aliphatic carbocycles. The molecular weight excluding hydrogens is 402 g/mol. The minimum Gasteiger partial charge on any atom is -0.465 e. The molecule has 0 amide bonds. The first-order valence-corrected chi connectivity index (χ1v) is 9.03. The van der Waals surface area contributed by atoms with Gasteiger partial charge in [-0.3, -0.25) is 4.79 Å². The molecule has 1 saturated carbocycles. The van der Waals surface area contributed by atoms with Gasteiger partial charge in [0.05, 0.1) is 12.7 Å². The van der Waals surface area contributed by atoms with Crippen LogP contribution in [-0.4, -0.2) is 27.8 Å². The second-order valence-corrected chi connectivity index (χ2v) is 7.37. The molecule has 0 N–H and O–H groups in total. The monoisotopic (exact) mass is 419 g/mol. The Morgan fingerprint density at radius 3 is 2.76 bits per heavy atom. The molecular formula is C15H19Br2NO3. The van der Waals surface area contributed by atoms with Gasteiger partial charge in [0.15, 0.2) is 0 Å². The van der Waals surface area contributed by atoms with E-state index in [4.69, 9.17) is 4.74 Å². The molecule has 0 saturated heterocycles. The van der Waals surface area contributed by atoms with Crippen LogP contribution in [0.2, 0.25) is 0 Å². The van der Waals surface area contributed by atoms with E-state index in [1.54, 1.807) is 10.6 Å². The van der Waals surface area contributed by atoms with Crippen LogP contribution in [0.3, 0.4) is 0 Å². The van der Waals surface area contributed by atoms with E-state index in [1.165, 1.54) is 13.2 Å². The predicted octanol–water partition coefficient (Wildman–Crippen LogP) is 3.44. The zero-order valence-electron chi connectivity index (χ0n) is 12.1. The highest BCUT2D eigenvalue weighted by Gasteiger charge is 2.32. The van der Waals surface area contributed by atoms with Gasteiger partial charge in [-0.15, -0.1) is 0 Å². The summed E-state index contributed by atoms with van der Waals surface area (Å²) in [4.78, 5) is 24.6. The van der Waals surface area contributed by atoms with E-state index < -0.39 is 5.97 Å². The number of ether oxygens (including phenoxy) is 1. The number of hydrogen-bond acceptors (Lipinski definition) is 3. The Bertz CT molecular complexity index is 585. The summed E-state index contributed by atoms with van der Waals surface area (Å²) in [5.41, 5.74) is 1.09. The maximum absolute atomic E-state index is 12.4. The number of methoxy groups -OCH3 is 1. The van der Waals surface area contributed by atoms with Gasteiger partial charge in [0.2, 0.25) is 0 Å². The first-order valence-electron chi connectivity index (χ1n) is 7.00. The average Bonchev–Trinajstić information content (AvgIpc) is 2.47. The number of rotatable bonds is 3. The number of alkyl halides is 2. The number of carbonyl (C=O) groups is 1. The normalized spacial score (nSPS) is 25.6. The Morgan fingerprint density at radius 1 is 1.43 bits per heavy atom. The van der Waals surface area contributed by atoms with E-state index in [9.17, 15) is 9.59 Å². The summed E-state index contributed by atoms with van der Waals surface area (Å²) in [6.07, 6.45) is 3.05. The first-order chi connectivity index (χ1) is 9.99. The standard InChI is InChI=1S/C15H19Br2NO3/c1-9-12(15(20)21-2)5-6-14(19)18(9)13-7-11(17)4-3-10(13)8-16/h5-6,10-11,13H,3-4,7-8H2,1-2H3. The number of pyridine rings is 1. The topological polar surface area (TPSA) is 48.3 Å². The maximum Gasteiger partial charge on any atom is 0.339 e. The minimum absolute atomic E-state index is 0.0577. The fourth-order valence-electron chi connectivity index (χ4n) is 3.04. The van der Waals surface area contributed by atoms with Gasteiger partial charge >= 0.3 is 5.97 Å². The van der Waals surface area contributed by atoms with Gasteiger partial charge in [-0.25, -0.2) is 4.79 Å². The van der Waals surface area contributed by atoms with Crippen LogP contribution in [-0.2, 0) is 4.74 Å². The van der Waals surface area contributed by atoms with Crippen LogP contribution in [0, 0.1) is 12.8 Å². The van der Waals surface area contributed by atoms with Gasteiger partial charge in [0, 0.05) is 28.0 Å². The molecule has 0 aromatic carbocycles. The molecule has 2 rings (SSSR count). The highest BCUT2D eigenvalue weighted by molar-refractivity contribution is 9.09. The lowest BCUT2D eigenvalue weighted by Crippen LogP contribution is -2.36. The van der Waals surface area contributed by atoms with E-state index in [2.05, 4.69) is 31.9 Å². The summed E-state index contributed by atoms with van der Waals surface area (Å²) in [6.45, 7) is 1.82. The molecule has 1 heterocycles. The Hall–Kier alpha value is -0.620. The quantitative estimate of drug-likeness (QED) is 0.555. The van der Waals surface area contributed by atoms with Crippen LogP contribution in [0.5, 0.6) is 0 Å². The van der Waals surface area contributed by atoms with Crippen molar-refractivity contribution in [3.63, 3.8) is 0 Å². The molecule has 0 aliphatic heterocycles. The lowest BCUT2D eigenvalue weighted by Gasteiger charge is -2.35. The predicted molar refractivity (Wildman–Crippen MR) is 89.7 cm³/mol. The van der Waals surface area contributed by atoms with E-state index in [0.717, 1.165) is 24.6 Å². The fraction of sp³-hybridized carbons (Fsp3) is 0.600. The number of carbonyl (C=O) groups excluding carboxylic acids is 1. The number of hydrogen-bond donors (Lipinski definition) is 0. The van der Waals surface area contributed by atoms with Crippen molar-refractivity contribution in [1.29, 1.82) is 0 Å². The number of halogens is 2. The van der Waals surface area contributed by atoms with Crippen molar-refractivity contribution < 1.29 is 9.53 Å². The largest absolute Gasteiger partial charge is 0.465 e. The highest BCUT2D eigenvalue weighted by Crippen LogP contribution is 2.38. The SMILES string of the molecule is COC(=O)c1ccc(=O)n(C2CC(Br)CCC2CBr)c1C. The van der Waals surface area contributed by atoms with Gasteiger partial charge in [-0.2, -0.15) is 0 Å². The molecule has 21 heavy (non-hydrogen) atoms. The second kappa shape index (κ2) is 7.09. The highest BCUT2D eigenvalue weighted by atomic mass is 79.9. The molecule has 3 atom stereocenters. The number of nitrogens with zero attached hydrogens (tertiary/aromatic N) is 1. The maximum atomic E-state index is 12.4. The van der Waals surface area contributed by atoms with Crippen molar-refractivity contribution in [3.8, 4) is 0 Å². The van der Waals surface area contributed by atoms with Crippen LogP contribution in [0.1, 0.15) is 41.4 Å². The molecule has 4 nitrogen and oxygen atoms in total. The Balaban J connectivity index is 2.50. The van der Waals surface area contributed by atoms with Crippen molar-refractivity contribution in [2.75, 3.05) is 12.4 Å². The Labute approximate surface area is 141 Å². The van der Waals surface area contributed by atoms with Gasteiger partial charge in [-0.05, 0) is 38.2 Å². The van der Waals surface area contributed by atoms with Gasteiger partial charge in [-0.1, -0.05) is 31.9 Å². The molecule has 0 spiro atoms. The summed E-state index contributed by atoms with van der Waals surface area (Å²) in [5.74, 6) is -0.00839. The van der Waals surface area contributed by atoms with Crippen LogP contribution >= 0.6 is 31.9 Å². The van der Waals surface area contributed by atoms with Crippen LogP contribution < -0.4 is 5.56 Å². The smallest absolute Gasteiger partial charge is 0.339 e. The fourth-order valence-corrected chi connectivity index (χ4v) is 4.45. The first kappa shape index (κ1) is 16.7. The minimum atomic E-state index is -0.400. The molecule has 1 fully saturated rings. The molecule has 1 aromatic heterocycles. The zero-order valence-corrected chi connectivity index (χ0v) is 15.3. The summed E-state index contributed by atoms with van der Waals surface area (Å²) in [5, 5.41) is 0.853. The van der Waals surface area contributed by atoms with E-state index >= 15 is 0 Å². The van der Waals surface area contributed by atoms with Crippen LogP contribution in [0.4, 0.5) is 0 Å². The van der Waals surface area contributed by atoms with Crippen molar-refractivity contribution in [2.24, 2.45) is 5.92 Å². The van der Waals surface area contributed by atoms with E-state index in [0.29, 0.717) is 22.0 Å². The number of aromatic nitrogens is 1. The van der Waals surface area contributed by atoms with Crippen molar-refractivity contribution >= 4 is 37.8 Å². The molecule has 116 valence electrons. The lowest BCUT2D eigenvalue weighted by molar-refractivity contribution is 0.0598. The summed E-state index contributed by atoms with van der Waals surface area (Å²) >= 11 is 7.23. The molecule has 6 heteroatoms. The van der Waals surface area contributed by atoms with E-state index in [1.807, 2.05) is 6.92 Å². The van der Waals surface area contributed by atoms with Crippen molar-refractivity contribution in [2.45, 2.75) is 37.1 Å². The van der Waals surface area contributed by atoms with Crippen molar-refractivity contribution in [3.05, 3.63) is 33.7 Å². The van der Waals surface area contributed by atoms with Gasteiger partial charge < -0.3 is 9.30 Å². The van der Waals surface area contributed by atoms with Crippen molar-refractivity contribution in [1.82, 2.24) is 4.57 Å². The van der Waals surface area contributed by atoms with Gasteiger partial charge in [0.25, 0.3) is 5.56 Å². The Kier molecular flexibility index (Phi) is 5.66. The van der Waals surface area contributed by atoms with Crippen LogP contribution in [0.25, 0.3) is 0 Å². The third-order valence-corrected chi connectivity index (χ3v) is 5.87. The van der Waals surface area contributed by atoms with E-state index in [-0.39, 0.29) is 11.6 Å². The van der Waals surface area contributed by atoms with Crippen LogP contribution in [0.15, 0.2) is 16.9 Å². The van der Waals surface area contributed by atoms with Gasteiger partial charge in [0.1, 0.15) is 0 Å². The molecule has 0 bridgehead atoms. The summed E-state index contributed by atoms with van der Waals surface area (Å²) in [7, 11) is 1.35. The zero-order chi connectivity index (χ0) is 15.6. The second-order valence-electron chi connectivity index (χ2n) is 5.42. The lowest BCUT2D eigenvalue weighted by atomic mass is 9.85. The molecule has 1 aromatic rings. The molecule has 1 aliphatic rings. The third-order valence-electron chi connectivity index (χ3n) is 4.21. The molecule has 3 unspecified atom stereocenters. The number of esters is 1.